The molecule has 18 heavy (non-hydrogen) atoms. The lowest BCUT2D eigenvalue weighted by Crippen LogP contribution is -2.41. The van der Waals surface area contributed by atoms with Crippen LogP contribution in [0.1, 0.15) is 43.2 Å². The molecule has 5 nitrogen and oxygen atoms in total. The number of ketones is 1. The summed E-state index contributed by atoms with van der Waals surface area (Å²) in [5.41, 5.74) is -0.203. The normalized spacial score (nSPS) is 12.9. The van der Waals surface area contributed by atoms with Crippen LogP contribution in [0.5, 0.6) is 0 Å². The highest BCUT2D eigenvalue weighted by Gasteiger charge is 2.22. The minimum absolute atomic E-state index is 0.217. The highest BCUT2D eigenvalue weighted by molar-refractivity contribution is 7.09. The van der Waals surface area contributed by atoms with Crippen LogP contribution in [0.4, 0.5) is 4.79 Å². The van der Waals surface area contributed by atoms with Crippen molar-refractivity contribution < 1.29 is 14.3 Å². The Morgan fingerprint density at radius 1 is 1.44 bits per heavy atom. The maximum Gasteiger partial charge on any atom is 0.408 e. The van der Waals surface area contributed by atoms with Crippen molar-refractivity contribution in [1.82, 2.24) is 10.3 Å². The Morgan fingerprint density at radius 3 is 2.50 bits per heavy atom. The Balaban J connectivity index is 2.58. The molecule has 1 atom stereocenters. The summed E-state index contributed by atoms with van der Waals surface area (Å²) < 4.78 is 5.08. The molecule has 0 unspecified atom stereocenters. The Bertz CT molecular complexity index is 448. The van der Waals surface area contributed by atoms with Gasteiger partial charge in [0.25, 0.3) is 0 Å². The number of aryl methyl sites for hydroxylation is 1. The molecule has 0 spiro atoms. The summed E-state index contributed by atoms with van der Waals surface area (Å²) in [4.78, 5) is 27.5. The van der Waals surface area contributed by atoms with Gasteiger partial charge in [-0.05, 0) is 34.6 Å². The summed E-state index contributed by atoms with van der Waals surface area (Å²) in [5.74, 6) is -0.217. The van der Waals surface area contributed by atoms with Crippen LogP contribution in [0.25, 0.3) is 0 Å². The number of nitrogens with zero attached hydrogens (tertiary/aromatic N) is 1. The van der Waals surface area contributed by atoms with Crippen LogP contribution in [0.2, 0.25) is 0 Å². The largest absolute Gasteiger partial charge is 0.444 e. The molecule has 0 radical (unpaired) electrons. The van der Waals surface area contributed by atoms with Crippen LogP contribution in [0, 0.1) is 6.92 Å². The average molecular weight is 270 g/mol. The summed E-state index contributed by atoms with van der Waals surface area (Å²) in [7, 11) is 0. The van der Waals surface area contributed by atoms with E-state index in [1.54, 1.807) is 33.1 Å². The third kappa shape index (κ3) is 4.44. The van der Waals surface area contributed by atoms with Gasteiger partial charge in [0.2, 0.25) is 5.78 Å². The summed E-state index contributed by atoms with van der Waals surface area (Å²) in [6.45, 7) is 8.74. The van der Waals surface area contributed by atoms with Gasteiger partial charge in [-0.3, -0.25) is 4.79 Å². The van der Waals surface area contributed by atoms with Gasteiger partial charge in [-0.2, -0.15) is 0 Å². The van der Waals surface area contributed by atoms with Crippen molar-refractivity contribution in [2.75, 3.05) is 0 Å². The number of thiazole rings is 1. The molecule has 100 valence electrons. The van der Waals surface area contributed by atoms with Crippen molar-refractivity contribution in [3.8, 4) is 0 Å². The molecular weight excluding hydrogens is 252 g/mol. The van der Waals surface area contributed by atoms with Gasteiger partial charge in [-0.1, -0.05) is 0 Å². The number of carbonyl (C=O) groups is 2. The first-order chi connectivity index (χ1) is 8.19. The Labute approximate surface area is 111 Å². The Kier molecular flexibility index (Phi) is 4.45. The molecule has 1 aromatic heterocycles. The topological polar surface area (TPSA) is 68.3 Å². The number of nitrogens with one attached hydrogen (secondary N) is 1. The van der Waals surface area contributed by atoms with Gasteiger partial charge in [0.15, 0.2) is 0 Å². The second kappa shape index (κ2) is 5.48. The summed E-state index contributed by atoms with van der Waals surface area (Å²) in [6, 6.07) is -0.652. The van der Waals surface area contributed by atoms with Crippen molar-refractivity contribution >= 4 is 23.2 Å². The number of amides is 1. The molecule has 1 aromatic rings. The highest BCUT2D eigenvalue weighted by Crippen LogP contribution is 2.11. The number of hydrogen-bond donors (Lipinski definition) is 1. The molecule has 1 rings (SSSR count). The zero-order valence-electron chi connectivity index (χ0n) is 11.2. The number of rotatable bonds is 3. The van der Waals surface area contributed by atoms with E-state index < -0.39 is 17.7 Å². The zero-order chi connectivity index (χ0) is 13.9. The van der Waals surface area contributed by atoms with Gasteiger partial charge in [-0.15, -0.1) is 11.3 Å². The van der Waals surface area contributed by atoms with E-state index in [-0.39, 0.29) is 5.78 Å². The fraction of sp³-hybridized carbons (Fsp3) is 0.583. The van der Waals surface area contributed by atoms with Crippen LogP contribution in [0.15, 0.2) is 5.38 Å². The van der Waals surface area contributed by atoms with E-state index in [1.165, 1.54) is 11.3 Å². The third-order valence-electron chi connectivity index (χ3n) is 2.00. The lowest BCUT2D eigenvalue weighted by Gasteiger charge is -2.21. The minimum Gasteiger partial charge on any atom is -0.444 e. The summed E-state index contributed by atoms with van der Waals surface area (Å²) in [5, 5.41) is 5.01. The Morgan fingerprint density at radius 2 is 2.06 bits per heavy atom. The number of alkyl carbamates (subject to hydrolysis) is 1. The van der Waals surface area contributed by atoms with Crippen LogP contribution in [-0.2, 0) is 4.74 Å². The fourth-order valence-electron chi connectivity index (χ4n) is 1.25. The van der Waals surface area contributed by atoms with E-state index in [4.69, 9.17) is 4.74 Å². The first-order valence-corrected chi connectivity index (χ1v) is 6.53. The second-order valence-corrected chi connectivity index (χ2v) is 6.05. The Hall–Kier alpha value is -1.43. The standard InChI is InChI=1S/C12H18N2O3S/c1-7(13-11(16)17-12(3,4)5)10(15)9-6-18-8(2)14-9/h6-7H,1-5H3,(H,13,16)/t7-/m1/s1. The lowest BCUT2D eigenvalue weighted by molar-refractivity contribution is 0.0496. The molecule has 1 heterocycles. The van der Waals surface area contributed by atoms with Crippen LogP contribution >= 0.6 is 11.3 Å². The molecule has 6 heteroatoms. The molecular formula is C12H18N2O3S. The predicted molar refractivity (Wildman–Crippen MR) is 70.0 cm³/mol. The smallest absolute Gasteiger partial charge is 0.408 e. The third-order valence-corrected chi connectivity index (χ3v) is 2.77. The molecule has 0 aliphatic rings. The van der Waals surface area contributed by atoms with Gasteiger partial charge in [0.05, 0.1) is 11.0 Å². The second-order valence-electron chi connectivity index (χ2n) is 4.98. The lowest BCUT2D eigenvalue weighted by atomic mass is 10.2. The molecule has 0 aliphatic heterocycles. The van der Waals surface area contributed by atoms with Crippen molar-refractivity contribution in [3.63, 3.8) is 0 Å². The number of Topliss-reactive ketones (excluding diaryl/α,β-unsaturated/α-hetero) is 1. The van der Waals surface area contributed by atoms with Crippen molar-refractivity contribution in [2.45, 2.75) is 46.3 Å². The van der Waals surface area contributed by atoms with Gasteiger partial charge in [0.1, 0.15) is 11.3 Å². The summed E-state index contributed by atoms with van der Waals surface area (Å²) in [6.07, 6.45) is -0.602. The van der Waals surface area contributed by atoms with Crippen molar-refractivity contribution in [1.29, 1.82) is 0 Å². The number of aromatic nitrogens is 1. The zero-order valence-corrected chi connectivity index (χ0v) is 12.1. The molecule has 0 bridgehead atoms. The van der Waals surface area contributed by atoms with E-state index in [0.717, 1.165) is 5.01 Å². The summed E-state index contributed by atoms with van der Waals surface area (Å²) >= 11 is 1.40. The van der Waals surface area contributed by atoms with Gasteiger partial charge in [0, 0.05) is 5.38 Å². The molecule has 0 aliphatic carbocycles. The van der Waals surface area contributed by atoms with Gasteiger partial charge < -0.3 is 10.1 Å². The first kappa shape index (κ1) is 14.6. The monoisotopic (exact) mass is 270 g/mol. The maximum absolute atomic E-state index is 11.9. The van der Waals surface area contributed by atoms with E-state index in [2.05, 4.69) is 10.3 Å². The van der Waals surface area contributed by atoms with Gasteiger partial charge in [-0.25, -0.2) is 9.78 Å². The van der Waals surface area contributed by atoms with E-state index >= 15 is 0 Å². The number of carbonyl (C=O) groups excluding carboxylic acids is 2. The fourth-order valence-corrected chi connectivity index (χ4v) is 1.85. The van der Waals surface area contributed by atoms with Crippen molar-refractivity contribution in [2.24, 2.45) is 0 Å². The number of ether oxygens (including phenoxy) is 1. The van der Waals surface area contributed by atoms with E-state index in [9.17, 15) is 9.59 Å². The van der Waals surface area contributed by atoms with E-state index in [1.807, 2.05) is 6.92 Å². The van der Waals surface area contributed by atoms with E-state index in [0.29, 0.717) is 5.69 Å². The predicted octanol–water partition coefficient (Wildman–Crippen LogP) is 2.55. The quantitative estimate of drug-likeness (QED) is 0.857. The molecule has 1 amide bonds. The van der Waals surface area contributed by atoms with Crippen LogP contribution in [-0.4, -0.2) is 28.5 Å². The SMILES string of the molecule is Cc1nc(C(=O)[C@@H](C)NC(=O)OC(C)(C)C)cs1. The maximum atomic E-state index is 11.9. The van der Waals surface area contributed by atoms with Crippen molar-refractivity contribution in [3.05, 3.63) is 16.1 Å². The molecule has 0 saturated heterocycles. The first-order valence-electron chi connectivity index (χ1n) is 5.65. The average Bonchev–Trinajstić information content (AvgIpc) is 2.60. The molecule has 0 saturated carbocycles. The molecule has 0 fully saturated rings. The highest BCUT2D eigenvalue weighted by atomic mass is 32.1. The van der Waals surface area contributed by atoms with Crippen LogP contribution < -0.4 is 5.32 Å². The van der Waals surface area contributed by atoms with Crippen LogP contribution in [0.3, 0.4) is 0 Å². The minimum atomic E-state index is -0.652. The van der Waals surface area contributed by atoms with Gasteiger partial charge >= 0.3 is 6.09 Å². The number of hydrogen-bond acceptors (Lipinski definition) is 5. The molecule has 1 N–H and O–H groups in total. The molecule has 0 aromatic carbocycles.